The SMILES string of the molecule is CCNC(=NCC(c1ccccc1)N1CCCC1)NCCc1ccc(S(N)(=O)=O)cc1. The molecule has 0 radical (unpaired) electrons. The van der Waals surface area contributed by atoms with Crippen molar-refractivity contribution in [2.24, 2.45) is 10.1 Å². The highest BCUT2D eigenvalue weighted by molar-refractivity contribution is 7.89. The van der Waals surface area contributed by atoms with Gasteiger partial charge in [-0.1, -0.05) is 42.5 Å². The van der Waals surface area contributed by atoms with Gasteiger partial charge in [-0.25, -0.2) is 13.6 Å². The quantitative estimate of drug-likeness (QED) is 0.408. The molecule has 7 nitrogen and oxygen atoms in total. The fraction of sp³-hybridized carbons (Fsp3) is 0.435. The number of rotatable bonds is 9. The van der Waals surface area contributed by atoms with Crippen molar-refractivity contribution in [1.82, 2.24) is 15.5 Å². The second kappa shape index (κ2) is 11.3. The molecule has 4 N–H and O–H groups in total. The van der Waals surface area contributed by atoms with Crippen LogP contribution in [0.25, 0.3) is 0 Å². The van der Waals surface area contributed by atoms with Gasteiger partial charge in [0.25, 0.3) is 0 Å². The Kier molecular flexibility index (Phi) is 8.45. The first-order valence-electron chi connectivity index (χ1n) is 10.9. The zero-order valence-corrected chi connectivity index (χ0v) is 18.9. The van der Waals surface area contributed by atoms with E-state index in [1.807, 2.05) is 0 Å². The molecule has 1 fully saturated rings. The number of likely N-dealkylation sites (tertiary alicyclic amines) is 1. The van der Waals surface area contributed by atoms with Crippen molar-refractivity contribution in [2.75, 3.05) is 32.7 Å². The van der Waals surface area contributed by atoms with Gasteiger partial charge >= 0.3 is 0 Å². The van der Waals surface area contributed by atoms with E-state index in [2.05, 4.69) is 52.8 Å². The number of nitrogens with one attached hydrogen (secondary N) is 2. The maximum atomic E-state index is 11.4. The number of hydrogen-bond acceptors (Lipinski definition) is 4. The molecule has 31 heavy (non-hydrogen) atoms. The lowest BCUT2D eigenvalue weighted by atomic mass is 10.1. The largest absolute Gasteiger partial charge is 0.357 e. The molecule has 1 heterocycles. The average Bonchev–Trinajstić information content (AvgIpc) is 3.29. The molecule has 8 heteroatoms. The van der Waals surface area contributed by atoms with Gasteiger partial charge in [0.2, 0.25) is 10.0 Å². The van der Waals surface area contributed by atoms with E-state index in [9.17, 15) is 8.42 Å². The molecule has 0 aromatic heterocycles. The highest BCUT2D eigenvalue weighted by Crippen LogP contribution is 2.25. The lowest BCUT2D eigenvalue weighted by molar-refractivity contribution is 0.251. The number of benzene rings is 2. The predicted octanol–water partition coefficient (Wildman–Crippen LogP) is 2.27. The van der Waals surface area contributed by atoms with Gasteiger partial charge in [0.05, 0.1) is 17.5 Å². The number of nitrogens with zero attached hydrogens (tertiary/aromatic N) is 2. The Morgan fingerprint density at radius 3 is 2.35 bits per heavy atom. The van der Waals surface area contributed by atoms with Gasteiger partial charge in [-0.2, -0.15) is 0 Å². The lowest BCUT2D eigenvalue weighted by Gasteiger charge is -2.27. The summed E-state index contributed by atoms with van der Waals surface area (Å²) in [5, 5.41) is 11.9. The van der Waals surface area contributed by atoms with Crippen LogP contribution >= 0.6 is 0 Å². The van der Waals surface area contributed by atoms with Crippen LogP contribution in [0.15, 0.2) is 64.5 Å². The molecular formula is C23H33N5O2S. The molecule has 0 spiro atoms. The molecule has 0 bridgehead atoms. The predicted molar refractivity (Wildman–Crippen MR) is 125 cm³/mol. The van der Waals surface area contributed by atoms with Gasteiger partial charge in [0.15, 0.2) is 5.96 Å². The van der Waals surface area contributed by atoms with Crippen molar-refractivity contribution < 1.29 is 8.42 Å². The minimum Gasteiger partial charge on any atom is -0.357 e. The van der Waals surface area contributed by atoms with Crippen LogP contribution in [-0.4, -0.2) is 52.0 Å². The Morgan fingerprint density at radius 2 is 1.74 bits per heavy atom. The van der Waals surface area contributed by atoms with Gasteiger partial charge < -0.3 is 10.6 Å². The molecule has 3 rings (SSSR count). The summed E-state index contributed by atoms with van der Waals surface area (Å²) in [5.41, 5.74) is 2.34. The fourth-order valence-corrected chi connectivity index (χ4v) is 4.37. The first-order valence-corrected chi connectivity index (χ1v) is 12.4. The van der Waals surface area contributed by atoms with Crippen molar-refractivity contribution in [1.29, 1.82) is 0 Å². The maximum Gasteiger partial charge on any atom is 0.238 e. The summed E-state index contributed by atoms with van der Waals surface area (Å²) in [4.78, 5) is 7.52. The Balaban J connectivity index is 1.60. The maximum absolute atomic E-state index is 11.4. The van der Waals surface area contributed by atoms with Gasteiger partial charge in [-0.15, -0.1) is 0 Å². The standard InChI is InChI=1S/C23H33N5O2S/c1-2-25-23(26-15-14-19-10-12-21(13-11-19)31(24,29)30)27-18-22(28-16-6-7-17-28)20-8-4-3-5-9-20/h3-5,8-13,22H,2,6-7,14-18H2,1H3,(H2,24,29,30)(H2,25,26,27). The first kappa shape index (κ1) is 23.2. The molecule has 2 aromatic carbocycles. The zero-order valence-electron chi connectivity index (χ0n) is 18.1. The van der Waals surface area contributed by atoms with Crippen molar-refractivity contribution >= 4 is 16.0 Å². The molecule has 1 aliphatic rings. The molecule has 0 aliphatic carbocycles. The van der Waals surface area contributed by atoms with Gasteiger partial charge in [-0.05, 0) is 62.5 Å². The minimum absolute atomic E-state index is 0.132. The van der Waals surface area contributed by atoms with E-state index in [-0.39, 0.29) is 10.9 Å². The van der Waals surface area contributed by atoms with E-state index in [0.29, 0.717) is 13.1 Å². The number of hydrogen-bond donors (Lipinski definition) is 3. The number of nitrogens with two attached hydrogens (primary N) is 1. The molecule has 1 atom stereocenters. The van der Waals surface area contributed by atoms with E-state index in [4.69, 9.17) is 10.1 Å². The Labute approximate surface area is 185 Å². The Morgan fingerprint density at radius 1 is 1.06 bits per heavy atom. The van der Waals surface area contributed by atoms with Crippen LogP contribution in [0.5, 0.6) is 0 Å². The topological polar surface area (TPSA) is 99.8 Å². The average molecular weight is 444 g/mol. The summed E-state index contributed by atoms with van der Waals surface area (Å²) in [6, 6.07) is 17.6. The highest BCUT2D eigenvalue weighted by Gasteiger charge is 2.23. The molecule has 1 unspecified atom stereocenters. The highest BCUT2D eigenvalue weighted by atomic mass is 32.2. The van der Waals surface area contributed by atoms with Crippen LogP contribution in [0.1, 0.15) is 36.9 Å². The molecule has 168 valence electrons. The van der Waals surface area contributed by atoms with Gasteiger partial charge in [0, 0.05) is 13.1 Å². The number of sulfonamides is 1. The number of guanidine groups is 1. The Hall–Kier alpha value is -2.42. The molecular weight excluding hydrogens is 410 g/mol. The third-order valence-electron chi connectivity index (χ3n) is 5.49. The van der Waals surface area contributed by atoms with Crippen LogP contribution in [0.2, 0.25) is 0 Å². The summed E-state index contributed by atoms with van der Waals surface area (Å²) >= 11 is 0. The van der Waals surface area contributed by atoms with Crippen molar-refractivity contribution in [3.63, 3.8) is 0 Å². The normalized spacial score (nSPS) is 16.3. The number of primary sulfonamides is 1. The summed E-state index contributed by atoms with van der Waals surface area (Å²) in [7, 11) is -3.66. The van der Waals surface area contributed by atoms with Crippen LogP contribution in [0.3, 0.4) is 0 Å². The molecule has 1 aliphatic heterocycles. The minimum atomic E-state index is -3.66. The monoisotopic (exact) mass is 443 g/mol. The smallest absolute Gasteiger partial charge is 0.238 e. The zero-order chi connectivity index (χ0) is 22.1. The Bertz CT molecular complexity index is 940. The van der Waals surface area contributed by atoms with E-state index >= 15 is 0 Å². The van der Waals surface area contributed by atoms with Crippen LogP contribution < -0.4 is 15.8 Å². The van der Waals surface area contributed by atoms with E-state index < -0.39 is 10.0 Å². The van der Waals surface area contributed by atoms with E-state index in [1.54, 1.807) is 24.3 Å². The first-order chi connectivity index (χ1) is 15.0. The van der Waals surface area contributed by atoms with Crippen LogP contribution in [0, 0.1) is 0 Å². The molecule has 0 saturated carbocycles. The van der Waals surface area contributed by atoms with E-state index in [1.165, 1.54) is 18.4 Å². The molecule has 0 amide bonds. The number of aliphatic imine (C=N–C) groups is 1. The second-order valence-electron chi connectivity index (χ2n) is 7.75. The van der Waals surface area contributed by atoms with Gasteiger partial charge in [-0.3, -0.25) is 9.89 Å². The van der Waals surface area contributed by atoms with Crippen LogP contribution in [-0.2, 0) is 16.4 Å². The summed E-state index contributed by atoms with van der Waals surface area (Å²) in [6.45, 7) is 6.47. The summed E-state index contributed by atoms with van der Waals surface area (Å²) in [5.74, 6) is 0.795. The molecule has 1 saturated heterocycles. The lowest BCUT2D eigenvalue weighted by Crippen LogP contribution is -2.39. The second-order valence-corrected chi connectivity index (χ2v) is 9.32. The van der Waals surface area contributed by atoms with Crippen molar-refractivity contribution in [2.45, 2.75) is 37.1 Å². The molecule has 2 aromatic rings. The summed E-state index contributed by atoms with van der Waals surface area (Å²) < 4.78 is 22.8. The van der Waals surface area contributed by atoms with Crippen molar-refractivity contribution in [3.8, 4) is 0 Å². The van der Waals surface area contributed by atoms with E-state index in [0.717, 1.165) is 37.6 Å². The third kappa shape index (κ3) is 7.05. The van der Waals surface area contributed by atoms with Crippen molar-refractivity contribution in [3.05, 3.63) is 65.7 Å². The van der Waals surface area contributed by atoms with Gasteiger partial charge in [0.1, 0.15) is 0 Å². The summed E-state index contributed by atoms with van der Waals surface area (Å²) in [6.07, 6.45) is 3.24. The fourth-order valence-electron chi connectivity index (χ4n) is 3.85. The third-order valence-corrected chi connectivity index (χ3v) is 6.42. The van der Waals surface area contributed by atoms with Crippen LogP contribution in [0.4, 0.5) is 0 Å².